The molecule has 0 heterocycles. The number of nitrogens with zero attached hydrogens (tertiary/aromatic N) is 2. The Hall–Kier alpha value is -7.42. The van der Waals surface area contributed by atoms with Crippen molar-refractivity contribution in [3.63, 3.8) is 0 Å². The van der Waals surface area contributed by atoms with E-state index >= 15 is 0 Å². The Bertz CT molecular complexity index is 2630. The molecule has 0 saturated heterocycles. The maximum atomic E-state index is 12.1. The summed E-state index contributed by atoms with van der Waals surface area (Å²) in [6.07, 6.45) is 0. The lowest BCUT2D eigenvalue weighted by atomic mass is 9.86. The predicted octanol–water partition coefficient (Wildman–Crippen LogP) is 9.33. The maximum Gasteiger partial charge on any atom is 0.341 e. The van der Waals surface area contributed by atoms with Gasteiger partial charge in [0.15, 0.2) is 13.2 Å². The fourth-order valence-corrected chi connectivity index (χ4v) is 6.56. The fraction of sp³-hybridized carbons (Fsp3) is 0.0455. The largest absolute Gasteiger partial charge is 0.481 e. The molecule has 52 heavy (non-hydrogen) atoms. The van der Waals surface area contributed by atoms with Gasteiger partial charge in [-0.15, -0.1) is 0 Å². The summed E-state index contributed by atoms with van der Waals surface area (Å²) in [5, 5.41) is 41.7. The number of ether oxygens (including phenoxy) is 2. The number of carboxylic acid groups (broad SMARTS) is 2. The molecule has 0 saturated carbocycles. The van der Waals surface area contributed by atoms with Gasteiger partial charge in [-0.25, -0.2) is 9.59 Å². The molecule has 0 spiro atoms. The third-order valence-electron chi connectivity index (χ3n) is 8.77. The van der Waals surface area contributed by atoms with Crippen molar-refractivity contribution < 1.29 is 29.3 Å². The highest BCUT2D eigenvalue weighted by Gasteiger charge is 2.25. The van der Waals surface area contributed by atoms with Gasteiger partial charge in [0.05, 0.1) is 23.3 Å². The first-order valence-electron chi connectivity index (χ1n) is 16.3. The normalized spacial score (nSPS) is 10.7. The smallest absolute Gasteiger partial charge is 0.341 e. The highest BCUT2D eigenvalue weighted by molar-refractivity contribution is 6.13. The maximum absolute atomic E-state index is 12.1. The number of fused-ring (bicyclic) bond motifs is 2. The van der Waals surface area contributed by atoms with E-state index in [1.807, 2.05) is 109 Å². The second kappa shape index (κ2) is 14.2. The topological polar surface area (TPSA) is 141 Å². The molecule has 250 valence electrons. The number of nitriles is 2. The SMILES string of the molecule is N#Cc1cccc(-c2ccc3c(-c4c(OCC(=O)O)c(-c5ccccc5-c5cccc(C#N)c5)cc5ccccc45)c(OCC(=O)O)ccc3c2)c1. The van der Waals surface area contributed by atoms with Gasteiger partial charge in [-0.2, -0.15) is 10.5 Å². The Kier molecular flexibility index (Phi) is 9.04. The second-order valence-electron chi connectivity index (χ2n) is 12.0. The van der Waals surface area contributed by atoms with Crippen LogP contribution in [0, 0.1) is 22.7 Å². The van der Waals surface area contributed by atoms with E-state index in [9.17, 15) is 30.3 Å². The molecule has 7 aromatic rings. The molecule has 7 aromatic carbocycles. The summed E-state index contributed by atoms with van der Waals surface area (Å²) in [5.74, 6) is -1.80. The first-order chi connectivity index (χ1) is 25.3. The summed E-state index contributed by atoms with van der Waals surface area (Å²) in [5.41, 5.74) is 6.70. The number of hydrogen-bond acceptors (Lipinski definition) is 6. The monoisotopic (exact) mass is 680 g/mol. The van der Waals surface area contributed by atoms with E-state index in [1.165, 1.54) is 0 Å². The molecule has 0 aliphatic heterocycles. The minimum atomic E-state index is -1.18. The summed E-state index contributed by atoms with van der Waals surface area (Å²) in [7, 11) is 0. The second-order valence-corrected chi connectivity index (χ2v) is 12.0. The van der Waals surface area contributed by atoms with Gasteiger partial charge in [0.25, 0.3) is 0 Å². The van der Waals surface area contributed by atoms with Gasteiger partial charge in [-0.05, 0) is 91.8 Å². The molecular formula is C44H28N2O6. The van der Waals surface area contributed by atoms with Crippen molar-refractivity contribution in [2.24, 2.45) is 0 Å². The molecule has 2 N–H and O–H groups in total. The molecule has 8 heteroatoms. The third kappa shape index (κ3) is 6.48. The zero-order valence-electron chi connectivity index (χ0n) is 27.5. The molecule has 0 aromatic heterocycles. The fourth-order valence-electron chi connectivity index (χ4n) is 6.56. The quantitative estimate of drug-likeness (QED) is 0.146. The van der Waals surface area contributed by atoms with Crippen LogP contribution in [0.1, 0.15) is 11.1 Å². The molecule has 0 radical (unpaired) electrons. The Balaban J connectivity index is 1.57. The number of benzene rings is 7. The van der Waals surface area contributed by atoms with Gasteiger partial charge in [-0.1, -0.05) is 91.0 Å². The lowest BCUT2D eigenvalue weighted by Gasteiger charge is -2.23. The van der Waals surface area contributed by atoms with Crippen LogP contribution < -0.4 is 9.47 Å². The van der Waals surface area contributed by atoms with Crippen molar-refractivity contribution in [1.82, 2.24) is 0 Å². The summed E-state index contributed by atoms with van der Waals surface area (Å²) < 4.78 is 12.2. The van der Waals surface area contributed by atoms with Gasteiger partial charge in [0.1, 0.15) is 11.5 Å². The van der Waals surface area contributed by atoms with Crippen molar-refractivity contribution in [1.29, 1.82) is 10.5 Å². The minimum absolute atomic E-state index is 0.267. The van der Waals surface area contributed by atoms with Crippen molar-refractivity contribution in [3.8, 4) is 68.1 Å². The highest BCUT2D eigenvalue weighted by Crippen LogP contribution is 2.51. The molecule has 0 amide bonds. The third-order valence-corrected chi connectivity index (χ3v) is 8.77. The lowest BCUT2D eigenvalue weighted by Crippen LogP contribution is -2.12. The summed E-state index contributed by atoms with van der Waals surface area (Å²) >= 11 is 0. The molecule has 0 unspecified atom stereocenters. The van der Waals surface area contributed by atoms with E-state index in [1.54, 1.807) is 24.3 Å². The standard InChI is InChI=1S/C44H28N2O6/c45-23-27-7-5-10-29(19-27)30-15-17-36-33(21-30)16-18-39(51-25-40(47)48)42(36)43-35-13-2-1-9-32(35)22-38(44(43)52-26-41(49)50)37-14-4-3-12-34(37)31-11-6-8-28(20-31)24-46/h1-22H,25-26H2,(H,47,48)(H,49,50). The van der Waals surface area contributed by atoms with Crippen molar-refractivity contribution >= 4 is 33.5 Å². The summed E-state index contributed by atoms with van der Waals surface area (Å²) in [6, 6.07) is 45.5. The minimum Gasteiger partial charge on any atom is -0.481 e. The average Bonchev–Trinajstić information content (AvgIpc) is 3.18. The first-order valence-corrected chi connectivity index (χ1v) is 16.3. The van der Waals surface area contributed by atoms with E-state index in [-0.39, 0.29) is 11.5 Å². The van der Waals surface area contributed by atoms with Crippen molar-refractivity contribution in [2.45, 2.75) is 0 Å². The zero-order chi connectivity index (χ0) is 36.2. The zero-order valence-corrected chi connectivity index (χ0v) is 27.5. The molecule has 0 fully saturated rings. The van der Waals surface area contributed by atoms with Crippen LogP contribution in [0.25, 0.3) is 66.1 Å². The van der Waals surface area contributed by atoms with Gasteiger partial charge in [-0.3, -0.25) is 0 Å². The molecular weight excluding hydrogens is 652 g/mol. The number of aliphatic carboxylic acids is 2. The van der Waals surface area contributed by atoms with Crippen LogP contribution in [0.3, 0.4) is 0 Å². The number of hydrogen-bond donors (Lipinski definition) is 2. The van der Waals surface area contributed by atoms with Crippen LogP contribution in [-0.4, -0.2) is 35.4 Å². The predicted molar refractivity (Wildman–Crippen MR) is 199 cm³/mol. The van der Waals surface area contributed by atoms with Crippen molar-refractivity contribution in [2.75, 3.05) is 13.2 Å². The Morgan fingerprint density at radius 3 is 1.85 bits per heavy atom. The molecule has 0 aliphatic carbocycles. The van der Waals surface area contributed by atoms with Crippen LogP contribution in [0.5, 0.6) is 11.5 Å². The highest BCUT2D eigenvalue weighted by atomic mass is 16.5. The van der Waals surface area contributed by atoms with E-state index in [0.717, 1.165) is 44.0 Å². The van der Waals surface area contributed by atoms with Crippen LogP contribution in [0.2, 0.25) is 0 Å². The van der Waals surface area contributed by atoms with Gasteiger partial charge in [0.2, 0.25) is 0 Å². The van der Waals surface area contributed by atoms with Gasteiger partial charge in [0, 0.05) is 16.7 Å². The summed E-state index contributed by atoms with van der Waals surface area (Å²) in [4.78, 5) is 23.9. The molecule has 7 rings (SSSR count). The van der Waals surface area contributed by atoms with Crippen LogP contribution in [-0.2, 0) is 9.59 Å². The Morgan fingerprint density at radius 2 is 1.12 bits per heavy atom. The Labute approximate surface area is 298 Å². The molecule has 0 bridgehead atoms. The number of carbonyl (C=O) groups is 2. The van der Waals surface area contributed by atoms with Crippen molar-refractivity contribution in [3.05, 3.63) is 145 Å². The van der Waals surface area contributed by atoms with Crippen LogP contribution >= 0.6 is 0 Å². The van der Waals surface area contributed by atoms with Gasteiger partial charge >= 0.3 is 11.9 Å². The lowest BCUT2D eigenvalue weighted by molar-refractivity contribution is -0.140. The van der Waals surface area contributed by atoms with E-state index in [2.05, 4.69) is 12.1 Å². The van der Waals surface area contributed by atoms with Gasteiger partial charge < -0.3 is 19.7 Å². The van der Waals surface area contributed by atoms with E-state index in [0.29, 0.717) is 33.2 Å². The molecule has 0 atom stereocenters. The average molecular weight is 681 g/mol. The van der Waals surface area contributed by atoms with Crippen LogP contribution in [0.15, 0.2) is 133 Å². The molecule has 0 aliphatic rings. The van der Waals surface area contributed by atoms with E-state index < -0.39 is 25.2 Å². The molecule has 8 nitrogen and oxygen atoms in total. The van der Waals surface area contributed by atoms with E-state index in [4.69, 9.17) is 9.47 Å². The number of carboxylic acids is 2. The van der Waals surface area contributed by atoms with Crippen LogP contribution in [0.4, 0.5) is 0 Å². The Morgan fingerprint density at radius 1 is 0.519 bits per heavy atom. The number of rotatable bonds is 10. The summed E-state index contributed by atoms with van der Waals surface area (Å²) in [6.45, 7) is -1.27. The first kappa shape index (κ1) is 33.1.